The fraction of sp³-hybridized carbons (Fsp3) is 0.520. The second-order valence-corrected chi connectivity index (χ2v) is 9.26. The van der Waals surface area contributed by atoms with Crippen LogP contribution in [0.1, 0.15) is 68.6 Å². The minimum Gasteiger partial charge on any atom is -0.490 e. The molecule has 0 fully saturated rings. The lowest BCUT2D eigenvalue weighted by Gasteiger charge is -2.34. The molecule has 0 amide bonds. The minimum atomic E-state index is -0.214. The molecule has 0 N–H and O–H groups in total. The van der Waals surface area contributed by atoms with Crippen LogP contribution in [0.2, 0.25) is 0 Å². The van der Waals surface area contributed by atoms with Gasteiger partial charge in [-0.2, -0.15) is 0 Å². The zero-order valence-corrected chi connectivity index (χ0v) is 18.6. The fourth-order valence-corrected chi connectivity index (χ4v) is 4.57. The van der Waals surface area contributed by atoms with Gasteiger partial charge >= 0.3 is 0 Å². The molecule has 0 radical (unpaired) electrons. The van der Waals surface area contributed by atoms with E-state index in [1.54, 1.807) is 12.3 Å². The summed E-state index contributed by atoms with van der Waals surface area (Å²) < 4.78 is 14.3. The van der Waals surface area contributed by atoms with Gasteiger partial charge in [-0.05, 0) is 43.2 Å². The Morgan fingerprint density at radius 2 is 2.03 bits per heavy atom. The Hall–Kier alpha value is -2.56. The van der Waals surface area contributed by atoms with Crippen LogP contribution in [0.25, 0.3) is 11.3 Å². The minimum absolute atomic E-state index is 0.176. The van der Waals surface area contributed by atoms with Crippen LogP contribution < -0.4 is 14.9 Å². The van der Waals surface area contributed by atoms with Gasteiger partial charge in [0.1, 0.15) is 0 Å². The van der Waals surface area contributed by atoms with E-state index in [1.165, 1.54) is 12.5 Å². The van der Waals surface area contributed by atoms with Crippen molar-refractivity contribution in [2.24, 2.45) is 11.8 Å². The summed E-state index contributed by atoms with van der Waals surface area (Å²) in [6.07, 6.45) is 4.40. The number of pyridine rings is 1. The first-order chi connectivity index (χ1) is 14.3. The molecular weight excluding hydrogens is 378 g/mol. The number of fused-ring (bicyclic) bond motifs is 5. The van der Waals surface area contributed by atoms with Crippen LogP contribution in [-0.4, -0.2) is 23.6 Å². The summed E-state index contributed by atoms with van der Waals surface area (Å²) in [5.74, 6) is 2.38. The first kappa shape index (κ1) is 20.7. The van der Waals surface area contributed by atoms with Crippen molar-refractivity contribution in [1.29, 1.82) is 0 Å². The highest BCUT2D eigenvalue weighted by Gasteiger charge is 2.33. The molecule has 0 aliphatic carbocycles. The lowest BCUT2D eigenvalue weighted by atomic mass is 9.84. The highest BCUT2D eigenvalue weighted by Crippen LogP contribution is 2.48. The molecule has 1 aromatic heterocycles. The zero-order valence-electron chi connectivity index (χ0n) is 18.6. The number of benzene rings is 1. The third-order valence-electron chi connectivity index (χ3n) is 6.25. The van der Waals surface area contributed by atoms with Crippen molar-refractivity contribution in [2.75, 3.05) is 13.2 Å². The molecule has 0 spiro atoms. The van der Waals surface area contributed by atoms with Gasteiger partial charge in [-0.1, -0.05) is 27.7 Å². The van der Waals surface area contributed by atoms with Crippen molar-refractivity contribution < 1.29 is 14.3 Å². The van der Waals surface area contributed by atoms with Crippen LogP contribution in [0.4, 0.5) is 0 Å². The molecule has 2 aliphatic rings. The van der Waals surface area contributed by atoms with Gasteiger partial charge in [0.25, 0.3) is 0 Å². The van der Waals surface area contributed by atoms with Crippen LogP contribution in [0.5, 0.6) is 11.5 Å². The molecule has 0 bridgehead atoms. The quantitative estimate of drug-likeness (QED) is 0.641. The van der Waals surface area contributed by atoms with Gasteiger partial charge < -0.3 is 14.0 Å². The van der Waals surface area contributed by atoms with E-state index < -0.39 is 0 Å². The Morgan fingerprint density at radius 1 is 1.27 bits per heavy atom. The molecule has 5 nitrogen and oxygen atoms in total. The fourth-order valence-electron chi connectivity index (χ4n) is 4.57. The molecule has 1 aromatic carbocycles. The maximum atomic E-state index is 12.7. The third-order valence-corrected chi connectivity index (χ3v) is 6.25. The molecular formula is C25H31NO4. The topological polar surface area (TPSA) is 57.5 Å². The lowest BCUT2D eigenvalue weighted by Crippen LogP contribution is -2.28. The largest absolute Gasteiger partial charge is 0.490 e. The van der Waals surface area contributed by atoms with Crippen molar-refractivity contribution in [3.63, 3.8) is 0 Å². The average Bonchev–Trinajstić information content (AvgIpc) is 3.15. The van der Waals surface area contributed by atoms with Gasteiger partial charge in [0.2, 0.25) is 0 Å². The molecule has 5 heteroatoms. The van der Waals surface area contributed by atoms with Crippen LogP contribution in [-0.2, 0) is 12.8 Å². The number of carbonyl (C=O) groups is 1. The van der Waals surface area contributed by atoms with Gasteiger partial charge in [-0.15, -0.1) is 0 Å². The van der Waals surface area contributed by atoms with E-state index in [-0.39, 0.29) is 22.8 Å². The molecule has 3 heterocycles. The molecule has 2 aromatic rings. The van der Waals surface area contributed by atoms with Crippen molar-refractivity contribution in [2.45, 2.75) is 59.9 Å². The predicted octanol–water partition coefficient (Wildman–Crippen LogP) is 4.83. The number of Topliss-reactive ketones (excluding diaryl/α,β-unsaturated/α-hetero) is 1. The standard InChI is InChI=1S/C25H31NO4/c1-14(2)6-8-29-23-11-17-10-20(15(3)4)26-13-19(16(5)27)22(28)12-21(26)24(17)18-7-9-30-25(18)23/h11-15,20H,6-10H2,1-5H3. The Morgan fingerprint density at radius 3 is 2.70 bits per heavy atom. The molecule has 1 atom stereocenters. The van der Waals surface area contributed by atoms with E-state index in [0.717, 1.165) is 47.6 Å². The number of aromatic nitrogens is 1. The monoisotopic (exact) mass is 409 g/mol. The average molecular weight is 410 g/mol. The first-order valence-corrected chi connectivity index (χ1v) is 11.0. The second-order valence-electron chi connectivity index (χ2n) is 9.26. The van der Waals surface area contributed by atoms with E-state index in [1.807, 2.05) is 0 Å². The smallest absolute Gasteiger partial charge is 0.192 e. The summed E-state index contributed by atoms with van der Waals surface area (Å²) in [6, 6.07) is 3.93. The van der Waals surface area contributed by atoms with Crippen molar-refractivity contribution in [3.05, 3.63) is 45.2 Å². The van der Waals surface area contributed by atoms with E-state index in [9.17, 15) is 9.59 Å². The Bertz CT molecular complexity index is 1050. The third kappa shape index (κ3) is 3.55. The molecule has 4 rings (SSSR count). The van der Waals surface area contributed by atoms with Gasteiger partial charge in [-0.3, -0.25) is 9.59 Å². The van der Waals surface area contributed by atoms with Gasteiger partial charge in [-0.25, -0.2) is 0 Å². The number of ether oxygens (including phenoxy) is 2. The summed E-state index contributed by atoms with van der Waals surface area (Å²) in [4.78, 5) is 24.7. The summed E-state index contributed by atoms with van der Waals surface area (Å²) in [5.41, 5.74) is 4.34. The highest BCUT2D eigenvalue weighted by molar-refractivity contribution is 5.94. The SMILES string of the molecule is CC(=O)c1cn2c(cc1=O)-c1c(cc(OCCC(C)C)c3c1CCO3)CC2C(C)C. The van der Waals surface area contributed by atoms with Crippen molar-refractivity contribution in [1.82, 2.24) is 4.57 Å². The Balaban J connectivity index is 1.88. The number of rotatable bonds is 6. The van der Waals surface area contributed by atoms with Crippen LogP contribution in [0, 0.1) is 11.8 Å². The van der Waals surface area contributed by atoms with Gasteiger partial charge in [0, 0.05) is 35.9 Å². The molecule has 0 saturated heterocycles. The van der Waals surface area contributed by atoms with Crippen molar-refractivity contribution in [3.8, 4) is 22.8 Å². The summed E-state index contributed by atoms with van der Waals surface area (Å²) >= 11 is 0. The van der Waals surface area contributed by atoms with Crippen LogP contribution in [0.3, 0.4) is 0 Å². The van der Waals surface area contributed by atoms with E-state index >= 15 is 0 Å². The Labute approximate surface area is 178 Å². The van der Waals surface area contributed by atoms with E-state index in [4.69, 9.17) is 9.47 Å². The molecule has 0 saturated carbocycles. The molecule has 30 heavy (non-hydrogen) atoms. The molecule has 160 valence electrons. The maximum absolute atomic E-state index is 12.7. The first-order valence-electron chi connectivity index (χ1n) is 11.0. The number of nitrogens with zero attached hydrogens (tertiary/aromatic N) is 1. The summed E-state index contributed by atoms with van der Waals surface area (Å²) in [6.45, 7) is 11.5. The lowest BCUT2D eigenvalue weighted by molar-refractivity contribution is 0.101. The predicted molar refractivity (Wildman–Crippen MR) is 118 cm³/mol. The van der Waals surface area contributed by atoms with Gasteiger partial charge in [0.15, 0.2) is 22.7 Å². The Kier molecular flexibility index (Phi) is 5.48. The van der Waals surface area contributed by atoms with E-state index in [0.29, 0.717) is 25.0 Å². The summed E-state index contributed by atoms with van der Waals surface area (Å²) in [5, 5.41) is 0. The van der Waals surface area contributed by atoms with E-state index in [2.05, 4.69) is 38.3 Å². The maximum Gasteiger partial charge on any atom is 0.192 e. The molecule has 2 aliphatic heterocycles. The van der Waals surface area contributed by atoms with Crippen LogP contribution in [0.15, 0.2) is 23.1 Å². The number of ketones is 1. The summed E-state index contributed by atoms with van der Waals surface area (Å²) in [7, 11) is 0. The van der Waals surface area contributed by atoms with Gasteiger partial charge in [0.05, 0.1) is 24.5 Å². The molecule has 1 unspecified atom stereocenters. The zero-order chi connectivity index (χ0) is 21.6. The number of carbonyl (C=O) groups excluding carboxylic acids is 1. The van der Waals surface area contributed by atoms with Crippen LogP contribution >= 0.6 is 0 Å². The highest BCUT2D eigenvalue weighted by atomic mass is 16.5. The van der Waals surface area contributed by atoms with Crippen molar-refractivity contribution >= 4 is 5.78 Å². The number of hydrogen-bond donors (Lipinski definition) is 0. The normalized spacial score (nSPS) is 16.8. The second kappa shape index (κ2) is 7.93. The number of hydrogen-bond acceptors (Lipinski definition) is 4.